The van der Waals surface area contributed by atoms with Crippen molar-refractivity contribution >= 4 is 33.1 Å². The van der Waals surface area contributed by atoms with Gasteiger partial charge in [-0.25, -0.2) is 13.4 Å². The van der Waals surface area contributed by atoms with E-state index < -0.39 is 21.9 Å². The van der Waals surface area contributed by atoms with Crippen LogP contribution in [0.1, 0.15) is 10.4 Å². The van der Waals surface area contributed by atoms with Gasteiger partial charge in [0, 0.05) is 43.4 Å². The summed E-state index contributed by atoms with van der Waals surface area (Å²) in [5, 5.41) is 10.0. The van der Waals surface area contributed by atoms with Crippen LogP contribution < -0.4 is 20.5 Å². The largest absolute Gasteiger partial charge is 0.475 e. The number of ether oxygens (including phenoxy) is 3. The first-order chi connectivity index (χ1) is 15.8. The van der Waals surface area contributed by atoms with Crippen LogP contribution in [0.2, 0.25) is 0 Å². The Kier molecular flexibility index (Phi) is 7.82. The number of hydrogen-bond acceptors (Lipinski definition) is 9. The molecule has 0 bridgehead atoms. The average Bonchev–Trinajstić information content (AvgIpc) is 3.18. The molecule has 5 N–H and O–H groups in total. The van der Waals surface area contributed by atoms with Gasteiger partial charge in [-0.05, 0) is 18.2 Å². The van der Waals surface area contributed by atoms with E-state index in [1.165, 1.54) is 7.11 Å². The standard InChI is InChI=1S/C20H24N6O6S/c1-30-9-10-32-16-11-15(7-8-22-16)23-20-17(19(21)27)18(24-25-20)13-3-5-14(6-4-13)26-33(28,29)12-31-2/h3-8,11,26H,9-10,12H2,1-2H3,(H2,21,27)(H2,22,23,24,25). The summed E-state index contributed by atoms with van der Waals surface area (Å²) in [5.41, 5.74) is 7.63. The number of benzene rings is 1. The number of carbonyl (C=O) groups is 1. The van der Waals surface area contributed by atoms with Crippen molar-refractivity contribution < 1.29 is 27.4 Å². The molecule has 0 saturated carbocycles. The monoisotopic (exact) mass is 476 g/mol. The highest BCUT2D eigenvalue weighted by atomic mass is 32.2. The number of H-pyrrole nitrogens is 1. The van der Waals surface area contributed by atoms with Gasteiger partial charge in [-0.15, -0.1) is 0 Å². The van der Waals surface area contributed by atoms with Gasteiger partial charge in [-0.1, -0.05) is 12.1 Å². The number of hydrogen-bond donors (Lipinski definition) is 4. The normalized spacial score (nSPS) is 11.2. The van der Waals surface area contributed by atoms with Crippen molar-refractivity contribution in [3.8, 4) is 17.1 Å². The van der Waals surface area contributed by atoms with Crippen molar-refractivity contribution in [2.75, 3.05) is 43.4 Å². The molecule has 1 amide bonds. The Bertz CT molecular complexity index is 1200. The first kappa shape index (κ1) is 24.0. The quantitative estimate of drug-likeness (QED) is 0.284. The third-order valence-corrected chi connectivity index (χ3v) is 5.36. The van der Waals surface area contributed by atoms with E-state index in [2.05, 4.69) is 30.0 Å². The second-order valence-electron chi connectivity index (χ2n) is 6.74. The van der Waals surface area contributed by atoms with Gasteiger partial charge in [-0.3, -0.25) is 14.6 Å². The lowest BCUT2D eigenvalue weighted by atomic mass is 10.1. The molecule has 0 spiro atoms. The highest BCUT2D eigenvalue weighted by Gasteiger charge is 2.20. The van der Waals surface area contributed by atoms with Crippen LogP contribution in [-0.2, 0) is 19.5 Å². The molecule has 0 radical (unpaired) electrons. The number of sulfonamides is 1. The SMILES string of the molecule is COCCOc1cc(Nc2n[nH]c(-c3ccc(NS(=O)(=O)COC)cc3)c2C(N)=O)ccn1. The Labute approximate surface area is 190 Å². The van der Waals surface area contributed by atoms with Crippen LogP contribution in [0, 0.1) is 0 Å². The number of anilines is 3. The van der Waals surface area contributed by atoms with E-state index >= 15 is 0 Å². The second kappa shape index (κ2) is 10.8. The smallest absolute Gasteiger partial charge is 0.257 e. The Morgan fingerprint density at radius 2 is 1.85 bits per heavy atom. The number of nitrogens with one attached hydrogen (secondary N) is 3. The number of rotatable bonds is 12. The minimum atomic E-state index is -3.62. The molecule has 0 unspecified atom stereocenters. The van der Waals surface area contributed by atoms with Gasteiger partial charge in [0.1, 0.15) is 12.2 Å². The molecule has 3 aromatic rings. The predicted molar refractivity (Wildman–Crippen MR) is 122 cm³/mol. The zero-order valence-electron chi connectivity index (χ0n) is 18.0. The van der Waals surface area contributed by atoms with E-state index in [1.807, 2.05) is 0 Å². The zero-order chi connectivity index (χ0) is 23.8. The topological polar surface area (TPSA) is 171 Å². The van der Waals surface area contributed by atoms with E-state index in [1.54, 1.807) is 49.7 Å². The Morgan fingerprint density at radius 1 is 1.09 bits per heavy atom. The Hall–Kier alpha value is -3.68. The number of aromatic amines is 1. The summed E-state index contributed by atoms with van der Waals surface area (Å²) in [7, 11) is -0.762. The zero-order valence-corrected chi connectivity index (χ0v) is 18.8. The molecule has 0 fully saturated rings. The molecule has 176 valence electrons. The van der Waals surface area contributed by atoms with Crippen molar-refractivity contribution in [3.05, 3.63) is 48.2 Å². The Balaban J connectivity index is 1.82. The summed E-state index contributed by atoms with van der Waals surface area (Å²) in [4.78, 5) is 16.3. The third kappa shape index (κ3) is 6.41. The van der Waals surface area contributed by atoms with Crippen LogP contribution in [0.4, 0.5) is 17.2 Å². The molecule has 0 aliphatic heterocycles. The van der Waals surface area contributed by atoms with Crippen molar-refractivity contribution in [2.45, 2.75) is 0 Å². The number of carbonyl (C=O) groups excluding carboxylic acids is 1. The van der Waals surface area contributed by atoms with Crippen LogP contribution in [0.5, 0.6) is 5.88 Å². The van der Waals surface area contributed by atoms with Crippen LogP contribution in [-0.4, -0.2) is 62.9 Å². The number of nitrogens with two attached hydrogens (primary N) is 1. The maximum atomic E-state index is 12.2. The summed E-state index contributed by atoms with van der Waals surface area (Å²) >= 11 is 0. The third-order valence-electron chi connectivity index (χ3n) is 4.27. The first-order valence-electron chi connectivity index (χ1n) is 9.66. The number of primary amides is 1. The fourth-order valence-electron chi connectivity index (χ4n) is 2.88. The number of pyridine rings is 1. The summed E-state index contributed by atoms with van der Waals surface area (Å²) < 4.78 is 41.1. The number of aromatic nitrogens is 3. The van der Waals surface area contributed by atoms with Gasteiger partial charge in [-0.2, -0.15) is 5.10 Å². The van der Waals surface area contributed by atoms with Gasteiger partial charge < -0.3 is 25.3 Å². The molecular weight excluding hydrogens is 452 g/mol. The van der Waals surface area contributed by atoms with Gasteiger partial charge in [0.15, 0.2) is 11.8 Å². The summed E-state index contributed by atoms with van der Waals surface area (Å²) in [6, 6.07) is 9.69. The number of amides is 1. The number of nitrogens with zero attached hydrogens (tertiary/aromatic N) is 2. The highest BCUT2D eigenvalue weighted by Crippen LogP contribution is 2.30. The maximum absolute atomic E-state index is 12.2. The summed E-state index contributed by atoms with van der Waals surface area (Å²) in [6.45, 7) is 0.754. The summed E-state index contributed by atoms with van der Waals surface area (Å²) in [6.07, 6.45) is 1.55. The fraction of sp³-hybridized carbons (Fsp3) is 0.250. The molecular formula is C20H24N6O6S. The molecule has 0 saturated heterocycles. The van der Waals surface area contributed by atoms with Crippen LogP contribution in [0.3, 0.4) is 0 Å². The molecule has 0 aliphatic rings. The second-order valence-corrected chi connectivity index (χ2v) is 8.41. The van der Waals surface area contributed by atoms with Crippen molar-refractivity contribution in [1.82, 2.24) is 15.2 Å². The summed E-state index contributed by atoms with van der Waals surface area (Å²) in [5.74, 6) is -0.572. The molecule has 33 heavy (non-hydrogen) atoms. The molecule has 2 heterocycles. The first-order valence-corrected chi connectivity index (χ1v) is 11.3. The molecule has 1 aromatic carbocycles. The average molecular weight is 477 g/mol. The molecule has 2 aromatic heterocycles. The lowest BCUT2D eigenvalue weighted by molar-refractivity contribution is 0.100. The lowest BCUT2D eigenvalue weighted by Gasteiger charge is -2.09. The van der Waals surface area contributed by atoms with Gasteiger partial charge >= 0.3 is 0 Å². The minimum Gasteiger partial charge on any atom is -0.475 e. The minimum absolute atomic E-state index is 0.140. The van der Waals surface area contributed by atoms with E-state index in [0.717, 1.165) is 0 Å². The Morgan fingerprint density at radius 3 is 2.52 bits per heavy atom. The number of methoxy groups -OCH3 is 2. The van der Waals surface area contributed by atoms with Crippen molar-refractivity contribution in [2.24, 2.45) is 5.73 Å². The maximum Gasteiger partial charge on any atom is 0.257 e. The fourth-order valence-corrected chi connectivity index (χ4v) is 3.75. The van der Waals surface area contributed by atoms with E-state index in [9.17, 15) is 13.2 Å². The van der Waals surface area contributed by atoms with Gasteiger partial charge in [0.05, 0.1) is 12.3 Å². The molecule has 13 heteroatoms. The molecule has 0 atom stereocenters. The predicted octanol–water partition coefficient (Wildman–Crippen LogP) is 1.68. The molecule has 3 rings (SSSR count). The van der Waals surface area contributed by atoms with Gasteiger partial charge in [0.2, 0.25) is 5.88 Å². The highest BCUT2D eigenvalue weighted by molar-refractivity contribution is 7.92. The van der Waals surface area contributed by atoms with E-state index in [0.29, 0.717) is 41.7 Å². The molecule has 0 aliphatic carbocycles. The molecule has 12 nitrogen and oxygen atoms in total. The van der Waals surface area contributed by atoms with Crippen LogP contribution in [0.25, 0.3) is 11.3 Å². The van der Waals surface area contributed by atoms with E-state index in [4.69, 9.17) is 15.2 Å². The van der Waals surface area contributed by atoms with Crippen molar-refractivity contribution in [3.63, 3.8) is 0 Å². The van der Waals surface area contributed by atoms with Crippen molar-refractivity contribution in [1.29, 1.82) is 0 Å². The van der Waals surface area contributed by atoms with Crippen LogP contribution in [0.15, 0.2) is 42.6 Å². The van der Waals surface area contributed by atoms with Crippen LogP contribution >= 0.6 is 0 Å². The van der Waals surface area contributed by atoms with E-state index in [-0.39, 0.29) is 11.4 Å². The lowest BCUT2D eigenvalue weighted by Crippen LogP contribution is -2.17. The van der Waals surface area contributed by atoms with Gasteiger partial charge in [0.25, 0.3) is 15.9 Å².